The van der Waals surface area contributed by atoms with E-state index in [4.69, 9.17) is 0 Å². The van der Waals surface area contributed by atoms with Crippen molar-refractivity contribution in [2.24, 2.45) is 0 Å². The van der Waals surface area contributed by atoms with E-state index in [1.165, 1.54) is 0 Å². The summed E-state index contributed by atoms with van der Waals surface area (Å²) in [5.74, 6) is 0. The zero-order valence-electron chi connectivity index (χ0n) is 3.10. The Morgan fingerprint density at radius 2 is 1.67 bits per heavy atom. The fourth-order valence-electron chi connectivity index (χ4n) is 0.269. The summed E-state index contributed by atoms with van der Waals surface area (Å²) in [6, 6.07) is 0. The minimum absolute atomic E-state index is 1.77. The van der Waals surface area contributed by atoms with Crippen LogP contribution < -0.4 is 19.8 Å². The van der Waals surface area contributed by atoms with E-state index in [0.29, 0.717) is 0 Å². The molecular weight excluding hydrogens is 191 g/mol. The van der Waals surface area contributed by atoms with E-state index in [2.05, 4.69) is 0 Å². The normalized spacial score (nSPS) is 20.0. The molecule has 0 saturated heterocycles. The molecule has 0 saturated carbocycles. The molecule has 0 radical (unpaired) electrons. The van der Waals surface area contributed by atoms with Gasteiger partial charge in [-0.25, -0.2) is 0 Å². The van der Waals surface area contributed by atoms with Crippen LogP contribution in [0.3, 0.4) is 0 Å². The van der Waals surface area contributed by atoms with Gasteiger partial charge in [-0.3, -0.25) is 0 Å². The Morgan fingerprint density at radius 1 is 1.17 bits per heavy atom. The fourth-order valence-corrected chi connectivity index (χ4v) is 1.81. The maximum Gasteiger partial charge on any atom is 0.401 e. The molecule has 0 aliphatic carbocycles. The Labute approximate surface area is 43.5 Å². The quantitative estimate of drug-likeness (QED) is 0.408. The second kappa shape index (κ2) is 1.64. The van der Waals surface area contributed by atoms with Gasteiger partial charge in [0.05, 0.1) is 0 Å². The van der Waals surface area contributed by atoms with Gasteiger partial charge in [0.1, 0.15) is 0 Å². The van der Waals surface area contributed by atoms with E-state index < -0.39 is 19.8 Å². The Morgan fingerprint density at radius 3 is 1.83 bits per heavy atom. The van der Waals surface area contributed by atoms with E-state index >= 15 is 0 Å². The Balaban J connectivity index is 2.86. The van der Waals surface area contributed by atoms with Crippen LogP contribution in [0.2, 0.25) is 0 Å². The average molecular weight is 195 g/mol. The number of halogens is 1. The largest absolute Gasteiger partial charge is 0.401 e. The molecule has 2 heteroatoms. The third kappa shape index (κ3) is 0.739. The third-order valence-electron chi connectivity index (χ3n) is 0.505. The molecule has 0 N–H and O–H groups in total. The molecule has 0 atom stereocenters. The summed E-state index contributed by atoms with van der Waals surface area (Å²) in [6.45, 7) is 0. The van der Waals surface area contributed by atoms with Gasteiger partial charge >= 0.3 is 19.8 Å². The maximum absolute atomic E-state index is 10.3. The van der Waals surface area contributed by atoms with Crippen molar-refractivity contribution in [2.75, 3.05) is 0 Å². The molecule has 0 aromatic carbocycles. The molecular formula is C4H4IO+. The van der Waals surface area contributed by atoms with Crippen LogP contribution in [-0.2, 0) is 3.07 Å². The number of hydrogen-bond acceptors (Lipinski definition) is 1. The first-order valence-corrected chi connectivity index (χ1v) is 4.96. The third-order valence-corrected chi connectivity index (χ3v) is 2.75. The van der Waals surface area contributed by atoms with Crippen molar-refractivity contribution in [3.05, 3.63) is 20.3 Å². The van der Waals surface area contributed by atoms with Crippen LogP contribution in [0.15, 0.2) is 20.3 Å². The van der Waals surface area contributed by atoms with Crippen LogP contribution in [0.5, 0.6) is 0 Å². The molecule has 1 rings (SSSR count). The fraction of sp³-hybridized carbons (Fsp3) is 0. The summed E-state index contributed by atoms with van der Waals surface area (Å²) in [5, 5.41) is 0. The molecule has 1 heterocycles. The van der Waals surface area contributed by atoms with Gasteiger partial charge < -0.3 is 0 Å². The number of hydrogen-bond donors (Lipinski definition) is 0. The summed E-state index contributed by atoms with van der Waals surface area (Å²) < 4.78 is 13.8. The SMILES string of the molecule is O=[I+]1C=CC=C1. The summed E-state index contributed by atoms with van der Waals surface area (Å²) in [4.78, 5) is 0. The zero-order valence-corrected chi connectivity index (χ0v) is 5.25. The average Bonchev–Trinajstić information content (AvgIpc) is 1.86. The van der Waals surface area contributed by atoms with Crippen molar-refractivity contribution < 1.29 is 22.9 Å². The first-order chi connectivity index (χ1) is 2.89. The summed E-state index contributed by atoms with van der Waals surface area (Å²) >= 11 is -1.80. The highest BCUT2D eigenvalue weighted by Gasteiger charge is 2.05. The predicted octanol–water partition coefficient (Wildman–Crippen LogP) is -2.00. The molecule has 1 aliphatic heterocycles. The van der Waals surface area contributed by atoms with Gasteiger partial charge in [-0.15, -0.1) is 0 Å². The van der Waals surface area contributed by atoms with Crippen LogP contribution in [0.4, 0.5) is 0 Å². The van der Waals surface area contributed by atoms with E-state index in [-0.39, 0.29) is 0 Å². The van der Waals surface area contributed by atoms with Gasteiger partial charge in [0, 0.05) is 0 Å². The van der Waals surface area contributed by atoms with Crippen LogP contribution >= 0.6 is 0 Å². The summed E-state index contributed by atoms with van der Waals surface area (Å²) in [6.07, 6.45) is 3.66. The number of rotatable bonds is 0. The van der Waals surface area contributed by atoms with E-state index in [1.807, 2.05) is 12.2 Å². The van der Waals surface area contributed by atoms with Crippen molar-refractivity contribution in [1.82, 2.24) is 0 Å². The molecule has 0 aromatic rings. The van der Waals surface area contributed by atoms with E-state index in [1.54, 1.807) is 8.17 Å². The highest BCUT2D eigenvalue weighted by atomic mass is 127. The lowest BCUT2D eigenvalue weighted by molar-refractivity contribution is -0.807. The van der Waals surface area contributed by atoms with Crippen molar-refractivity contribution in [3.8, 4) is 0 Å². The maximum atomic E-state index is 10.3. The molecule has 1 aliphatic rings. The smallest absolute Gasteiger partial charge is 0.0626 e. The lowest BCUT2D eigenvalue weighted by Gasteiger charge is -1.42. The van der Waals surface area contributed by atoms with Crippen LogP contribution in [0.25, 0.3) is 0 Å². The van der Waals surface area contributed by atoms with Gasteiger partial charge in [0.15, 0.2) is 8.17 Å². The van der Waals surface area contributed by atoms with Crippen molar-refractivity contribution in [3.63, 3.8) is 0 Å². The molecule has 0 unspecified atom stereocenters. The molecule has 0 aromatic heterocycles. The predicted molar refractivity (Wildman–Crippen MR) is 19.0 cm³/mol. The molecule has 6 heavy (non-hydrogen) atoms. The molecule has 0 amide bonds. The molecule has 0 fully saturated rings. The van der Waals surface area contributed by atoms with Crippen LogP contribution in [0.1, 0.15) is 0 Å². The molecule has 0 spiro atoms. The minimum Gasteiger partial charge on any atom is -0.0626 e. The Hall–Kier alpha value is 0.0100. The van der Waals surface area contributed by atoms with Gasteiger partial charge in [-0.1, -0.05) is 3.07 Å². The highest BCUT2D eigenvalue weighted by molar-refractivity contribution is 4.99. The Kier molecular flexibility index (Phi) is 1.14. The molecule has 1 nitrogen and oxygen atoms in total. The topological polar surface area (TPSA) is 17.1 Å². The van der Waals surface area contributed by atoms with Crippen LogP contribution in [0, 0.1) is 0 Å². The lowest BCUT2D eigenvalue weighted by atomic mass is 10.6. The highest BCUT2D eigenvalue weighted by Crippen LogP contribution is 1.64. The second-order valence-electron chi connectivity index (χ2n) is 0.941. The van der Waals surface area contributed by atoms with Crippen molar-refractivity contribution in [2.45, 2.75) is 0 Å². The van der Waals surface area contributed by atoms with E-state index in [0.717, 1.165) is 0 Å². The standard InChI is InChI=1S/C4H4IO/c6-5-3-1-2-4-5/h1-4H/q+1. The summed E-state index contributed by atoms with van der Waals surface area (Å²) in [7, 11) is 0. The van der Waals surface area contributed by atoms with Gasteiger partial charge in [0.2, 0.25) is 0 Å². The monoisotopic (exact) mass is 195 g/mol. The Bertz CT molecular complexity index is 110. The molecule has 32 valence electrons. The van der Waals surface area contributed by atoms with Crippen LogP contribution in [-0.4, -0.2) is 0 Å². The summed E-state index contributed by atoms with van der Waals surface area (Å²) in [5.41, 5.74) is 0. The zero-order chi connectivity index (χ0) is 4.41. The number of allylic oxidation sites excluding steroid dienone is 2. The lowest BCUT2D eigenvalue weighted by Crippen LogP contribution is -3.67. The second-order valence-corrected chi connectivity index (χ2v) is 4.12. The van der Waals surface area contributed by atoms with Gasteiger partial charge in [-0.05, 0) is 12.2 Å². The van der Waals surface area contributed by atoms with Gasteiger partial charge in [0.25, 0.3) is 0 Å². The first kappa shape index (κ1) is 4.18. The minimum atomic E-state index is -1.80. The molecule has 0 bridgehead atoms. The van der Waals surface area contributed by atoms with Crippen molar-refractivity contribution >= 4 is 0 Å². The van der Waals surface area contributed by atoms with Gasteiger partial charge in [-0.2, -0.15) is 0 Å². The van der Waals surface area contributed by atoms with E-state index in [9.17, 15) is 3.07 Å². The van der Waals surface area contributed by atoms with Crippen molar-refractivity contribution in [1.29, 1.82) is 0 Å². The first-order valence-electron chi connectivity index (χ1n) is 1.59.